The van der Waals surface area contributed by atoms with E-state index in [0.717, 1.165) is 104 Å². The van der Waals surface area contributed by atoms with Gasteiger partial charge in [-0.1, -0.05) is 0 Å². The minimum atomic E-state index is -1.08. The molecule has 30 nitrogen and oxygen atoms in total. The first kappa shape index (κ1) is 131. The van der Waals surface area contributed by atoms with Crippen molar-refractivity contribution >= 4 is 89.5 Å². The van der Waals surface area contributed by atoms with Gasteiger partial charge in [0, 0.05) is 89.5 Å². The summed E-state index contributed by atoms with van der Waals surface area (Å²) in [5, 5.41) is 133. The number of carbonyl (C=O) groups is 15. The van der Waals surface area contributed by atoms with Crippen molar-refractivity contribution in [2.24, 2.45) is 0 Å². The van der Waals surface area contributed by atoms with Crippen molar-refractivity contribution in [2.75, 3.05) is 0 Å². The van der Waals surface area contributed by atoms with Gasteiger partial charge >= 0.3 is 200 Å². The minimum Gasteiger partial charge on any atom is -0.550 e. The van der Waals surface area contributed by atoms with Crippen LogP contribution in [0.15, 0.2) is 0 Å². The molecular formula is C30H45Gd5O30. The molecule has 35 heteroatoms. The molecule has 0 aliphatic rings. The molecule has 0 fully saturated rings. The van der Waals surface area contributed by atoms with E-state index in [4.69, 9.17) is 149 Å². The predicted molar refractivity (Wildman–Crippen MR) is 160 cm³/mol. The number of hydrogen-bond donors (Lipinski definition) is 0. The summed E-state index contributed by atoms with van der Waals surface area (Å²) < 4.78 is 0. The third-order valence-electron chi connectivity index (χ3n) is 0. The standard InChI is InChI=1S/15C2H4O2.5Gd/c15*1-2(3)4;;;;;/h15*1H3,(H,3,4);;;;;/q;;;;;;;;;;;;;;;5*+3/p-15. The second-order valence-corrected chi connectivity index (χ2v) is 7.37. The molecule has 0 aromatic heterocycles. The molecule has 0 amide bonds. The van der Waals surface area contributed by atoms with Gasteiger partial charge in [0.2, 0.25) is 0 Å². The maximum absolute atomic E-state index is 8.89. The Labute approximate surface area is 533 Å². The zero-order valence-electron chi connectivity index (χ0n) is 36.5. The molecule has 0 N–H and O–H groups in total. The molecule has 0 saturated heterocycles. The van der Waals surface area contributed by atoms with E-state index in [1.807, 2.05) is 0 Å². The summed E-state index contributed by atoms with van der Waals surface area (Å²) in [5.41, 5.74) is 0. The van der Waals surface area contributed by atoms with Gasteiger partial charge in [-0.05, 0) is 104 Å². The van der Waals surface area contributed by atoms with Crippen LogP contribution in [0.1, 0.15) is 104 Å². The van der Waals surface area contributed by atoms with Crippen LogP contribution in [0.4, 0.5) is 0 Å². The van der Waals surface area contributed by atoms with E-state index in [1.54, 1.807) is 0 Å². The molecule has 0 aromatic carbocycles. The molecule has 0 saturated carbocycles. The number of carbonyl (C=O) groups excluding carboxylic acids is 15. The smallest absolute Gasteiger partial charge is 0.550 e. The molecule has 0 spiro atoms. The molecule has 0 aliphatic heterocycles. The van der Waals surface area contributed by atoms with Gasteiger partial charge in [-0.15, -0.1) is 0 Å². The van der Waals surface area contributed by atoms with Gasteiger partial charge in [0.1, 0.15) is 0 Å². The third kappa shape index (κ3) is 131000. The number of aliphatic carboxylic acids is 15. The maximum atomic E-state index is 8.89. The van der Waals surface area contributed by atoms with Gasteiger partial charge in [0.25, 0.3) is 0 Å². The van der Waals surface area contributed by atoms with Gasteiger partial charge in [-0.25, -0.2) is 0 Å². The molecule has 65 heavy (non-hydrogen) atoms. The topological polar surface area (TPSA) is 602 Å². The first-order valence-electron chi connectivity index (χ1n) is 13.6. The van der Waals surface area contributed by atoms with Crippen molar-refractivity contribution in [3.8, 4) is 0 Å². The SMILES string of the molecule is CC(=O)[O-].CC(=O)[O-].CC(=O)[O-].CC(=O)[O-].CC(=O)[O-].CC(=O)[O-].CC(=O)[O-].CC(=O)[O-].CC(=O)[O-].CC(=O)[O-].CC(=O)[O-].CC(=O)[O-].CC(=O)[O-].CC(=O)[O-].CC(=O)[O-].[Gd+3].[Gd+3].[Gd+3].[Gd+3].[Gd+3]. The summed E-state index contributed by atoms with van der Waals surface area (Å²) in [6.45, 7) is 14.6. The quantitative estimate of drug-likeness (QED) is 0.217. The molecular weight excluding hydrogens is 1630 g/mol. The molecule has 0 heterocycles. The Hall–Kier alpha value is -1.33. The second kappa shape index (κ2) is 125. The molecule has 385 valence electrons. The predicted octanol–water partition coefficient (Wildman–Crippen LogP) is -18.7. The van der Waals surface area contributed by atoms with Crippen molar-refractivity contribution in [1.82, 2.24) is 0 Å². The van der Waals surface area contributed by atoms with E-state index in [2.05, 4.69) is 0 Å². The summed E-state index contributed by atoms with van der Waals surface area (Å²) in [7, 11) is 0. The van der Waals surface area contributed by atoms with E-state index in [1.165, 1.54) is 0 Å². The van der Waals surface area contributed by atoms with Crippen LogP contribution in [0, 0.1) is 200 Å². The Kier molecular flexibility index (Phi) is 252. The largest absolute Gasteiger partial charge is 3.00 e. The Balaban J connectivity index is -0.0000000184. The first-order valence-corrected chi connectivity index (χ1v) is 13.6. The number of carboxylic acid groups (broad SMARTS) is 15. The van der Waals surface area contributed by atoms with Gasteiger partial charge in [0.15, 0.2) is 0 Å². The molecule has 0 atom stereocenters. The zero-order valence-corrected chi connectivity index (χ0v) is 47.9. The Bertz CT molecular complexity index is 782. The average molecular weight is 1670 g/mol. The molecule has 0 rings (SSSR count). The van der Waals surface area contributed by atoms with E-state index < -0.39 is 89.5 Å². The van der Waals surface area contributed by atoms with Crippen LogP contribution in [0.25, 0.3) is 0 Å². The fourth-order valence-corrected chi connectivity index (χ4v) is 0. The van der Waals surface area contributed by atoms with Gasteiger partial charge < -0.3 is 149 Å². The van der Waals surface area contributed by atoms with E-state index in [0.29, 0.717) is 0 Å². The van der Waals surface area contributed by atoms with Crippen LogP contribution in [-0.2, 0) is 71.9 Å². The van der Waals surface area contributed by atoms with Crippen LogP contribution >= 0.6 is 0 Å². The molecule has 0 unspecified atom stereocenters. The normalized spacial score (nSPS) is 5.77. The van der Waals surface area contributed by atoms with Crippen molar-refractivity contribution < 1.29 is 348 Å². The number of carboxylic acids is 15. The summed E-state index contributed by atoms with van der Waals surface area (Å²) in [4.78, 5) is 133. The van der Waals surface area contributed by atoms with Crippen molar-refractivity contribution in [3.63, 3.8) is 0 Å². The summed E-state index contributed by atoms with van der Waals surface area (Å²) in [6.07, 6.45) is 0. The monoisotopic (exact) mass is 1670 g/mol. The van der Waals surface area contributed by atoms with E-state index >= 15 is 0 Å². The van der Waals surface area contributed by atoms with E-state index in [9.17, 15) is 0 Å². The Morgan fingerprint density at radius 1 is 0.138 bits per heavy atom. The van der Waals surface area contributed by atoms with Crippen LogP contribution in [-0.4, -0.2) is 89.5 Å². The first-order chi connectivity index (χ1) is 26.0. The molecule has 0 bridgehead atoms. The summed E-state index contributed by atoms with van der Waals surface area (Å²) >= 11 is 0. The van der Waals surface area contributed by atoms with Crippen LogP contribution in [0.3, 0.4) is 0 Å². The maximum Gasteiger partial charge on any atom is 3.00 e. The zero-order chi connectivity index (χ0) is 53.7. The molecule has 0 aromatic rings. The van der Waals surface area contributed by atoms with Crippen molar-refractivity contribution in [2.45, 2.75) is 104 Å². The summed E-state index contributed by atoms with van der Waals surface area (Å²) in [6, 6.07) is 0. The molecule has 5 radical (unpaired) electrons. The minimum absolute atomic E-state index is 0. The average Bonchev–Trinajstić information content (AvgIpc) is 2.78. The second-order valence-electron chi connectivity index (χ2n) is 7.37. The third-order valence-corrected chi connectivity index (χ3v) is 0. The van der Waals surface area contributed by atoms with Gasteiger partial charge in [0.05, 0.1) is 0 Å². The van der Waals surface area contributed by atoms with Crippen molar-refractivity contribution in [1.29, 1.82) is 0 Å². The van der Waals surface area contributed by atoms with Crippen molar-refractivity contribution in [3.05, 3.63) is 0 Å². The number of hydrogen-bond acceptors (Lipinski definition) is 30. The Morgan fingerprint density at radius 3 is 0.138 bits per heavy atom. The summed E-state index contributed by atoms with van der Waals surface area (Å²) in [5.74, 6) is -16.3. The van der Waals surface area contributed by atoms with E-state index in [-0.39, 0.29) is 200 Å². The molecule has 0 aliphatic carbocycles. The van der Waals surface area contributed by atoms with Crippen LogP contribution in [0.5, 0.6) is 0 Å². The van der Waals surface area contributed by atoms with Gasteiger partial charge in [-0.3, -0.25) is 0 Å². The fraction of sp³-hybridized carbons (Fsp3) is 0.500. The number of rotatable bonds is 0. The fourth-order valence-electron chi connectivity index (χ4n) is 0. The van der Waals surface area contributed by atoms with Crippen LogP contribution in [0.2, 0.25) is 0 Å². The Morgan fingerprint density at radius 2 is 0.138 bits per heavy atom. The van der Waals surface area contributed by atoms with Crippen LogP contribution < -0.4 is 76.6 Å². The van der Waals surface area contributed by atoms with Gasteiger partial charge in [-0.2, -0.15) is 0 Å².